The number of ether oxygens (including phenoxy) is 1. The maximum absolute atomic E-state index is 12.6. The van der Waals surface area contributed by atoms with E-state index in [-0.39, 0.29) is 11.8 Å². The number of hydrogen-bond acceptors (Lipinski definition) is 5. The molecule has 2 heterocycles. The van der Waals surface area contributed by atoms with Crippen LogP contribution in [0.3, 0.4) is 0 Å². The molecule has 24 heavy (non-hydrogen) atoms. The van der Waals surface area contributed by atoms with Crippen LogP contribution in [0.25, 0.3) is 0 Å². The van der Waals surface area contributed by atoms with Gasteiger partial charge in [0, 0.05) is 46.1 Å². The predicted molar refractivity (Wildman–Crippen MR) is 91.2 cm³/mol. The van der Waals surface area contributed by atoms with Gasteiger partial charge in [0.15, 0.2) is 0 Å². The van der Waals surface area contributed by atoms with Crippen LogP contribution in [0.1, 0.15) is 12.8 Å². The number of para-hydroxylation sites is 2. The van der Waals surface area contributed by atoms with Crippen molar-refractivity contribution in [1.82, 2.24) is 9.91 Å². The summed E-state index contributed by atoms with van der Waals surface area (Å²) in [6.45, 7) is 2.75. The molecule has 0 radical (unpaired) electrons. The fourth-order valence-corrected chi connectivity index (χ4v) is 3.05. The third kappa shape index (κ3) is 3.20. The van der Waals surface area contributed by atoms with Crippen LogP contribution in [0.5, 0.6) is 5.75 Å². The molecule has 2 amide bonds. The third-order valence-electron chi connectivity index (χ3n) is 4.45. The summed E-state index contributed by atoms with van der Waals surface area (Å²) in [5.41, 5.74) is 1.52. The lowest BCUT2D eigenvalue weighted by Gasteiger charge is -2.37. The fraction of sp³-hybridized carbons (Fsp3) is 0.471. The van der Waals surface area contributed by atoms with Crippen molar-refractivity contribution in [3.8, 4) is 5.75 Å². The molecule has 0 aliphatic carbocycles. The second-order valence-corrected chi connectivity index (χ2v) is 5.92. The second kappa shape index (κ2) is 6.90. The molecular formula is C17H22N4O3. The van der Waals surface area contributed by atoms with Crippen molar-refractivity contribution in [2.45, 2.75) is 12.8 Å². The summed E-state index contributed by atoms with van der Waals surface area (Å²) < 4.78 is 5.41. The molecule has 2 aliphatic heterocycles. The first-order valence-electron chi connectivity index (χ1n) is 8.11. The van der Waals surface area contributed by atoms with E-state index in [0.717, 1.165) is 24.5 Å². The lowest BCUT2D eigenvalue weighted by atomic mass is 10.1. The number of piperazine rings is 1. The van der Waals surface area contributed by atoms with E-state index in [0.29, 0.717) is 31.6 Å². The summed E-state index contributed by atoms with van der Waals surface area (Å²) in [6.07, 6.45) is 0.775. The van der Waals surface area contributed by atoms with E-state index in [4.69, 9.17) is 4.74 Å². The highest BCUT2D eigenvalue weighted by Gasteiger charge is 2.28. The van der Waals surface area contributed by atoms with Gasteiger partial charge in [0.1, 0.15) is 11.5 Å². The Labute approximate surface area is 141 Å². The summed E-state index contributed by atoms with van der Waals surface area (Å²) in [4.78, 5) is 28.1. The van der Waals surface area contributed by atoms with Crippen LogP contribution in [-0.4, -0.2) is 67.8 Å². The number of hydrazone groups is 1. The Morgan fingerprint density at radius 2 is 1.83 bits per heavy atom. The van der Waals surface area contributed by atoms with Crippen molar-refractivity contribution < 1.29 is 14.3 Å². The molecule has 0 aromatic heterocycles. The van der Waals surface area contributed by atoms with Crippen LogP contribution in [0.2, 0.25) is 0 Å². The van der Waals surface area contributed by atoms with Crippen molar-refractivity contribution in [1.29, 1.82) is 0 Å². The molecule has 1 saturated heterocycles. The number of nitrogens with zero attached hydrogens (tertiary/aromatic N) is 4. The van der Waals surface area contributed by atoms with Crippen molar-refractivity contribution in [3.63, 3.8) is 0 Å². The van der Waals surface area contributed by atoms with E-state index in [1.807, 2.05) is 29.2 Å². The summed E-state index contributed by atoms with van der Waals surface area (Å²) >= 11 is 0. The number of carbonyl (C=O) groups is 2. The maximum atomic E-state index is 12.6. The number of anilines is 1. The second-order valence-electron chi connectivity index (χ2n) is 5.92. The minimum Gasteiger partial charge on any atom is -0.495 e. The van der Waals surface area contributed by atoms with Crippen LogP contribution in [0.4, 0.5) is 5.69 Å². The van der Waals surface area contributed by atoms with Crippen molar-refractivity contribution in [2.24, 2.45) is 5.10 Å². The van der Waals surface area contributed by atoms with Gasteiger partial charge in [0.25, 0.3) is 5.91 Å². The summed E-state index contributed by atoms with van der Waals surface area (Å²) in [6, 6.07) is 7.90. The zero-order chi connectivity index (χ0) is 17.1. The summed E-state index contributed by atoms with van der Waals surface area (Å²) in [7, 11) is 3.26. The molecule has 128 valence electrons. The highest BCUT2D eigenvalue weighted by Crippen LogP contribution is 2.28. The average molecular weight is 330 g/mol. The van der Waals surface area contributed by atoms with E-state index in [2.05, 4.69) is 10.0 Å². The minimum absolute atomic E-state index is 0.0486. The first-order valence-corrected chi connectivity index (χ1v) is 8.11. The molecule has 1 aromatic rings. The first kappa shape index (κ1) is 16.3. The van der Waals surface area contributed by atoms with Gasteiger partial charge in [0.2, 0.25) is 5.91 Å². The Balaban J connectivity index is 1.64. The van der Waals surface area contributed by atoms with Crippen LogP contribution in [0.15, 0.2) is 29.4 Å². The lowest BCUT2D eigenvalue weighted by Crippen LogP contribution is -2.51. The van der Waals surface area contributed by atoms with Gasteiger partial charge in [0.05, 0.1) is 12.8 Å². The normalized spacial score (nSPS) is 18.5. The smallest absolute Gasteiger partial charge is 0.270 e. The standard InChI is InChI=1S/C17H22N4O3/c1-19-16(22)8-7-13(18-19)17(23)21-11-9-20(10-12-21)14-5-3-4-6-15(14)24-2/h3-6H,7-12H2,1-2H3. The monoisotopic (exact) mass is 330 g/mol. The number of benzene rings is 1. The van der Waals surface area contributed by atoms with Gasteiger partial charge < -0.3 is 14.5 Å². The predicted octanol–water partition coefficient (Wildman–Crippen LogP) is 0.952. The molecule has 7 nitrogen and oxygen atoms in total. The number of rotatable bonds is 3. The van der Waals surface area contributed by atoms with E-state index < -0.39 is 0 Å². The fourth-order valence-electron chi connectivity index (χ4n) is 3.05. The molecule has 7 heteroatoms. The van der Waals surface area contributed by atoms with Crippen LogP contribution >= 0.6 is 0 Å². The maximum Gasteiger partial charge on any atom is 0.270 e. The first-order chi connectivity index (χ1) is 11.6. The molecule has 3 rings (SSSR count). The minimum atomic E-state index is -0.0611. The van der Waals surface area contributed by atoms with Gasteiger partial charge in [-0.2, -0.15) is 5.10 Å². The zero-order valence-electron chi connectivity index (χ0n) is 14.1. The van der Waals surface area contributed by atoms with Crippen LogP contribution in [-0.2, 0) is 9.59 Å². The molecule has 0 unspecified atom stereocenters. The van der Waals surface area contributed by atoms with Crippen LogP contribution in [0, 0.1) is 0 Å². The molecule has 0 bridgehead atoms. The lowest BCUT2D eigenvalue weighted by molar-refractivity contribution is -0.130. The van der Waals surface area contributed by atoms with Gasteiger partial charge in [-0.25, -0.2) is 5.01 Å². The third-order valence-corrected chi connectivity index (χ3v) is 4.45. The molecule has 1 fully saturated rings. The SMILES string of the molecule is COc1ccccc1N1CCN(C(=O)C2=NN(C)C(=O)CC2)CC1. The Kier molecular flexibility index (Phi) is 4.69. The molecule has 2 aliphatic rings. The van der Waals surface area contributed by atoms with Crippen molar-refractivity contribution in [2.75, 3.05) is 45.2 Å². The Bertz CT molecular complexity index is 666. The molecule has 1 aromatic carbocycles. The topological polar surface area (TPSA) is 65.5 Å². The largest absolute Gasteiger partial charge is 0.495 e. The number of methoxy groups -OCH3 is 1. The van der Waals surface area contributed by atoms with Gasteiger partial charge >= 0.3 is 0 Å². The number of hydrogen-bond donors (Lipinski definition) is 0. The van der Waals surface area contributed by atoms with E-state index in [1.54, 1.807) is 14.2 Å². The van der Waals surface area contributed by atoms with Gasteiger partial charge in [-0.15, -0.1) is 0 Å². The van der Waals surface area contributed by atoms with E-state index in [1.165, 1.54) is 5.01 Å². The van der Waals surface area contributed by atoms with Gasteiger partial charge in [-0.1, -0.05) is 12.1 Å². The number of amides is 2. The summed E-state index contributed by atoms with van der Waals surface area (Å²) in [5.74, 6) is 0.732. The quantitative estimate of drug-likeness (QED) is 0.828. The zero-order valence-corrected chi connectivity index (χ0v) is 14.1. The molecule has 0 atom stereocenters. The van der Waals surface area contributed by atoms with Crippen LogP contribution < -0.4 is 9.64 Å². The highest BCUT2D eigenvalue weighted by molar-refractivity contribution is 6.39. The molecular weight excluding hydrogens is 308 g/mol. The summed E-state index contributed by atoms with van der Waals surface area (Å²) in [5, 5.41) is 5.38. The van der Waals surface area contributed by atoms with Crippen molar-refractivity contribution >= 4 is 23.2 Å². The highest BCUT2D eigenvalue weighted by atomic mass is 16.5. The Morgan fingerprint density at radius 3 is 2.50 bits per heavy atom. The molecule has 0 spiro atoms. The molecule has 0 N–H and O–H groups in total. The Morgan fingerprint density at radius 1 is 1.12 bits per heavy atom. The Hall–Kier alpha value is -2.57. The van der Waals surface area contributed by atoms with Gasteiger partial charge in [-0.3, -0.25) is 9.59 Å². The number of carbonyl (C=O) groups excluding carboxylic acids is 2. The average Bonchev–Trinajstić information content (AvgIpc) is 2.63. The van der Waals surface area contributed by atoms with E-state index >= 15 is 0 Å². The van der Waals surface area contributed by atoms with Gasteiger partial charge in [-0.05, 0) is 12.1 Å². The van der Waals surface area contributed by atoms with Crippen molar-refractivity contribution in [3.05, 3.63) is 24.3 Å². The van der Waals surface area contributed by atoms with E-state index in [9.17, 15) is 9.59 Å². The molecule has 0 saturated carbocycles.